The lowest BCUT2D eigenvalue weighted by Gasteiger charge is -2.00. The first kappa shape index (κ1) is 9.15. The van der Waals surface area contributed by atoms with E-state index in [-0.39, 0.29) is 0 Å². The molecule has 10 heavy (non-hydrogen) atoms. The first-order valence-corrected chi connectivity index (χ1v) is 3.52. The topological polar surface area (TPSA) is 17.1 Å². The minimum absolute atomic E-state index is 0.466. The fraction of sp³-hybridized carbons (Fsp3) is 0.444. The zero-order valence-corrected chi connectivity index (χ0v) is 6.42. The van der Waals surface area contributed by atoms with E-state index in [0.29, 0.717) is 12.3 Å². The molecule has 0 fully saturated rings. The molecule has 0 N–H and O–H groups in total. The summed E-state index contributed by atoms with van der Waals surface area (Å²) in [5, 5.41) is 0. The van der Waals surface area contributed by atoms with Gasteiger partial charge in [-0.15, -0.1) is 0 Å². The zero-order valence-electron chi connectivity index (χ0n) is 6.42. The second kappa shape index (κ2) is 6.27. The second-order valence-corrected chi connectivity index (χ2v) is 2.41. The van der Waals surface area contributed by atoms with Crippen molar-refractivity contribution in [1.29, 1.82) is 0 Å². The molecule has 0 radical (unpaired) electrons. The SMILES string of the molecule is C=C/C=C\C[C@H](C)CC=O. The molecular weight excluding hydrogens is 124 g/mol. The molecule has 1 nitrogen and oxygen atoms in total. The Balaban J connectivity index is 3.37. The molecule has 0 aliphatic heterocycles. The fourth-order valence-electron chi connectivity index (χ4n) is 0.668. The highest BCUT2D eigenvalue weighted by molar-refractivity contribution is 5.49. The maximum Gasteiger partial charge on any atom is 0.120 e. The Labute approximate surface area is 62.4 Å². The van der Waals surface area contributed by atoms with Crippen molar-refractivity contribution in [2.45, 2.75) is 19.8 Å². The van der Waals surface area contributed by atoms with Crippen molar-refractivity contribution in [1.82, 2.24) is 0 Å². The summed E-state index contributed by atoms with van der Waals surface area (Å²) in [4.78, 5) is 10.0. The van der Waals surface area contributed by atoms with Gasteiger partial charge in [-0.2, -0.15) is 0 Å². The highest BCUT2D eigenvalue weighted by Crippen LogP contribution is 2.05. The molecule has 0 unspecified atom stereocenters. The van der Waals surface area contributed by atoms with E-state index >= 15 is 0 Å². The number of hydrogen-bond acceptors (Lipinski definition) is 1. The quantitative estimate of drug-likeness (QED) is 0.421. The minimum Gasteiger partial charge on any atom is -0.303 e. The van der Waals surface area contributed by atoms with E-state index in [9.17, 15) is 4.79 Å². The monoisotopic (exact) mass is 138 g/mol. The second-order valence-electron chi connectivity index (χ2n) is 2.41. The summed E-state index contributed by atoms with van der Waals surface area (Å²) in [7, 11) is 0. The number of rotatable bonds is 5. The molecule has 0 amide bonds. The molecule has 0 saturated carbocycles. The molecule has 1 heteroatoms. The van der Waals surface area contributed by atoms with Crippen LogP contribution in [0.25, 0.3) is 0 Å². The van der Waals surface area contributed by atoms with E-state index in [1.165, 1.54) is 0 Å². The van der Waals surface area contributed by atoms with Crippen LogP contribution in [-0.2, 0) is 4.79 Å². The van der Waals surface area contributed by atoms with Gasteiger partial charge in [-0.3, -0.25) is 0 Å². The third kappa shape index (κ3) is 5.29. The Kier molecular flexibility index (Phi) is 5.74. The van der Waals surface area contributed by atoms with Crippen molar-refractivity contribution in [3.05, 3.63) is 24.8 Å². The van der Waals surface area contributed by atoms with Crippen LogP contribution < -0.4 is 0 Å². The smallest absolute Gasteiger partial charge is 0.120 e. The standard InChI is InChI=1S/C9H14O/c1-3-4-5-6-9(2)7-8-10/h3-5,8-9H,1,6-7H2,2H3/b5-4-/t9-/m0/s1. The molecule has 0 heterocycles. The Bertz CT molecular complexity index is 125. The van der Waals surface area contributed by atoms with Crippen LogP contribution in [0, 0.1) is 5.92 Å². The van der Waals surface area contributed by atoms with Crippen molar-refractivity contribution >= 4 is 6.29 Å². The summed E-state index contributed by atoms with van der Waals surface area (Å²) in [6.45, 7) is 5.60. The first-order chi connectivity index (χ1) is 4.81. The van der Waals surface area contributed by atoms with E-state index < -0.39 is 0 Å². The van der Waals surface area contributed by atoms with E-state index in [4.69, 9.17) is 0 Å². The molecule has 1 atom stereocenters. The summed E-state index contributed by atoms with van der Waals surface area (Å²) >= 11 is 0. The Morgan fingerprint density at radius 1 is 1.50 bits per heavy atom. The lowest BCUT2D eigenvalue weighted by molar-refractivity contribution is -0.108. The third-order valence-corrected chi connectivity index (χ3v) is 1.31. The molecule has 0 aromatic heterocycles. The molecule has 0 spiro atoms. The predicted molar refractivity (Wildman–Crippen MR) is 43.8 cm³/mol. The van der Waals surface area contributed by atoms with Gasteiger partial charge >= 0.3 is 0 Å². The van der Waals surface area contributed by atoms with Crippen LogP contribution in [0.3, 0.4) is 0 Å². The van der Waals surface area contributed by atoms with Crippen LogP contribution >= 0.6 is 0 Å². The summed E-state index contributed by atoms with van der Waals surface area (Å²) in [5.74, 6) is 0.466. The number of allylic oxidation sites excluding steroid dienone is 3. The van der Waals surface area contributed by atoms with Gasteiger partial charge < -0.3 is 4.79 Å². The first-order valence-electron chi connectivity index (χ1n) is 3.52. The third-order valence-electron chi connectivity index (χ3n) is 1.31. The molecule has 0 aromatic carbocycles. The molecule has 0 bridgehead atoms. The lowest BCUT2D eigenvalue weighted by atomic mass is 10.1. The van der Waals surface area contributed by atoms with Crippen LogP contribution in [0.1, 0.15) is 19.8 Å². The molecular formula is C9H14O. The molecule has 0 aliphatic carbocycles. The predicted octanol–water partition coefficient (Wildman–Crippen LogP) is 2.34. The van der Waals surface area contributed by atoms with Crippen molar-refractivity contribution in [3.63, 3.8) is 0 Å². The van der Waals surface area contributed by atoms with Crippen molar-refractivity contribution in [2.75, 3.05) is 0 Å². The average Bonchev–Trinajstić information content (AvgIpc) is 1.89. The molecule has 0 saturated heterocycles. The highest BCUT2D eigenvalue weighted by atomic mass is 16.1. The summed E-state index contributed by atoms with van der Waals surface area (Å²) in [6.07, 6.45) is 8.26. The van der Waals surface area contributed by atoms with Gasteiger partial charge in [0.25, 0.3) is 0 Å². The fourth-order valence-corrected chi connectivity index (χ4v) is 0.668. The Morgan fingerprint density at radius 3 is 2.70 bits per heavy atom. The zero-order chi connectivity index (χ0) is 7.82. The van der Waals surface area contributed by atoms with Gasteiger partial charge in [0.1, 0.15) is 6.29 Å². The van der Waals surface area contributed by atoms with Crippen molar-refractivity contribution < 1.29 is 4.79 Å². The minimum atomic E-state index is 0.466. The highest BCUT2D eigenvalue weighted by Gasteiger charge is 1.95. The number of hydrogen-bond donors (Lipinski definition) is 0. The number of carbonyl (C=O) groups is 1. The van der Waals surface area contributed by atoms with E-state index in [0.717, 1.165) is 12.7 Å². The lowest BCUT2D eigenvalue weighted by Crippen LogP contribution is -1.91. The van der Waals surface area contributed by atoms with Gasteiger partial charge in [0.05, 0.1) is 0 Å². The van der Waals surface area contributed by atoms with Crippen LogP contribution in [0.4, 0.5) is 0 Å². The van der Waals surface area contributed by atoms with Gasteiger partial charge in [0.2, 0.25) is 0 Å². The Hall–Kier alpha value is -0.850. The van der Waals surface area contributed by atoms with Gasteiger partial charge in [0.15, 0.2) is 0 Å². The van der Waals surface area contributed by atoms with Crippen LogP contribution in [0.15, 0.2) is 24.8 Å². The Morgan fingerprint density at radius 2 is 2.20 bits per heavy atom. The maximum absolute atomic E-state index is 10.0. The van der Waals surface area contributed by atoms with E-state index in [1.54, 1.807) is 6.08 Å². The molecule has 0 aliphatic rings. The summed E-state index contributed by atoms with van der Waals surface area (Å²) in [6, 6.07) is 0. The van der Waals surface area contributed by atoms with Gasteiger partial charge in [-0.1, -0.05) is 31.7 Å². The van der Waals surface area contributed by atoms with Gasteiger partial charge in [0, 0.05) is 6.42 Å². The van der Waals surface area contributed by atoms with E-state index in [1.807, 2.05) is 12.2 Å². The maximum atomic E-state index is 10.0. The van der Waals surface area contributed by atoms with Crippen molar-refractivity contribution in [2.24, 2.45) is 5.92 Å². The van der Waals surface area contributed by atoms with Crippen molar-refractivity contribution in [3.8, 4) is 0 Å². The van der Waals surface area contributed by atoms with Crippen LogP contribution in [0.2, 0.25) is 0 Å². The van der Waals surface area contributed by atoms with E-state index in [2.05, 4.69) is 13.5 Å². The molecule has 56 valence electrons. The van der Waals surface area contributed by atoms with Gasteiger partial charge in [-0.05, 0) is 12.3 Å². The largest absolute Gasteiger partial charge is 0.303 e. The normalized spacial score (nSPS) is 13.3. The van der Waals surface area contributed by atoms with Crippen LogP contribution in [-0.4, -0.2) is 6.29 Å². The molecule has 0 rings (SSSR count). The van der Waals surface area contributed by atoms with Crippen LogP contribution in [0.5, 0.6) is 0 Å². The number of aldehydes is 1. The summed E-state index contributed by atoms with van der Waals surface area (Å²) < 4.78 is 0. The molecule has 0 aromatic rings. The average molecular weight is 138 g/mol. The summed E-state index contributed by atoms with van der Waals surface area (Å²) in [5.41, 5.74) is 0. The number of carbonyl (C=O) groups excluding carboxylic acids is 1. The van der Waals surface area contributed by atoms with Gasteiger partial charge in [-0.25, -0.2) is 0 Å².